The summed E-state index contributed by atoms with van der Waals surface area (Å²) in [6, 6.07) is 9.82. The zero-order valence-electron chi connectivity index (χ0n) is 14.2. The molecule has 2 aliphatic rings. The van der Waals surface area contributed by atoms with Crippen LogP contribution in [0.1, 0.15) is 63.1 Å². The molecular weight excluding hydrogens is 284 g/mol. The Morgan fingerprint density at radius 2 is 2.04 bits per heavy atom. The van der Waals surface area contributed by atoms with Crippen molar-refractivity contribution >= 4 is 5.91 Å². The predicted molar refractivity (Wildman–Crippen MR) is 90.5 cm³/mol. The summed E-state index contributed by atoms with van der Waals surface area (Å²) in [7, 11) is 0. The largest absolute Gasteiger partial charge is 0.336 e. The van der Waals surface area contributed by atoms with E-state index >= 15 is 0 Å². The van der Waals surface area contributed by atoms with E-state index in [9.17, 15) is 4.79 Å². The molecule has 0 heterocycles. The number of nitriles is 1. The Hall–Kier alpha value is -1.82. The molecule has 23 heavy (non-hydrogen) atoms. The first kappa shape index (κ1) is 16.1. The van der Waals surface area contributed by atoms with Crippen molar-refractivity contribution in [3.63, 3.8) is 0 Å². The summed E-state index contributed by atoms with van der Waals surface area (Å²) in [6.45, 7) is 4.88. The van der Waals surface area contributed by atoms with Crippen LogP contribution in [0.15, 0.2) is 24.3 Å². The van der Waals surface area contributed by atoms with E-state index in [4.69, 9.17) is 5.26 Å². The van der Waals surface area contributed by atoms with Crippen LogP contribution in [-0.2, 0) is 4.79 Å². The highest BCUT2D eigenvalue weighted by Gasteiger charge is 2.40. The van der Waals surface area contributed by atoms with Crippen LogP contribution in [0.4, 0.5) is 0 Å². The first-order chi connectivity index (χ1) is 11.1. The topological polar surface area (TPSA) is 44.1 Å². The second-order valence-corrected chi connectivity index (χ2v) is 7.23. The van der Waals surface area contributed by atoms with Crippen LogP contribution in [0.25, 0.3) is 0 Å². The molecule has 1 aromatic carbocycles. The molecule has 3 rings (SSSR count). The zero-order valence-corrected chi connectivity index (χ0v) is 14.2. The highest BCUT2D eigenvalue weighted by molar-refractivity contribution is 5.77. The minimum absolute atomic E-state index is 0.0684. The molecule has 2 aliphatic carbocycles. The fourth-order valence-corrected chi connectivity index (χ4v) is 4.65. The minimum Gasteiger partial charge on any atom is -0.336 e. The molecule has 3 heteroatoms. The highest BCUT2D eigenvalue weighted by Crippen LogP contribution is 2.49. The SMILES string of the molecule is CCN(C(=O)CC1CC2CCC1C2)C(C)c1ccc(C#N)cc1. The zero-order chi connectivity index (χ0) is 16.4. The lowest BCUT2D eigenvalue weighted by Gasteiger charge is -2.31. The quantitative estimate of drug-likeness (QED) is 0.814. The number of benzene rings is 1. The van der Waals surface area contributed by atoms with Gasteiger partial charge in [-0.1, -0.05) is 18.6 Å². The Kier molecular flexibility index (Phi) is 4.71. The van der Waals surface area contributed by atoms with Crippen molar-refractivity contribution in [1.29, 1.82) is 5.26 Å². The van der Waals surface area contributed by atoms with Gasteiger partial charge in [-0.3, -0.25) is 4.79 Å². The van der Waals surface area contributed by atoms with Gasteiger partial charge >= 0.3 is 0 Å². The number of rotatable bonds is 5. The van der Waals surface area contributed by atoms with Gasteiger partial charge in [0.05, 0.1) is 17.7 Å². The number of nitrogens with zero attached hydrogens (tertiary/aromatic N) is 2. The average Bonchev–Trinajstić information content (AvgIpc) is 3.18. The first-order valence-electron chi connectivity index (χ1n) is 8.91. The number of amides is 1. The Morgan fingerprint density at radius 1 is 1.30 bits per heavy atom. The van der Waals surface area contributed by atoms with E-state index in [-0.39, 0.29) is 6.04 Å². The number of hydrogen-bond acceptors (Lipinski definition) is 2. The third-order valence-corrected chi connectivity index (χ3v) is 5.97. The van der Waals surface area contributed by atoms with Gasteiger partial charge in [-0.05, 0) is 68.6 Å². The maximum atomic E-state index is 12.8. The molecule has 4 atom stereocenters. The van der Waals surface area contributed by atoms with E-state index in [1.54, 1.807) is 0 Å². The van der Waals surface area contributed by atoms with Gasteiger partial charge in [-0.25, -0.2) is 0 Å². The average molecular weight is 310 g/mol. The molecule has 2 saturated carbocycles. The molecule has 0 spiro atoms. The van der Waals surface area contributed by atoms with Crippen molar-refractivity contribution in [2.75, 3.05) is 6.54 Å². The normalized spacial score (nSPS) is 26.7. The van der Waals surface area contributed by atoms with Crippen molar-refractivity contribution in [3.8, 4) is 6.07 Å². The second-order valence-electron chi connectivity index (χ2n) is 7.23. The van der Waals surface area contributed by atoms with E-state index in [2.05, 4.69) is 19.9 Å². The highest BCUT2D eigenvalue weighted by atomic mass is 16.2. The third kappa shape index (κ3) is 3.27. The van der Waals surface area contributed by atoms with E-state index in [1.165, 1.54) is 25.7 Å². The molecule has 0 N–H and O–H groups in total. The molecular formula is C20H26N2O. The van der Waals surface area contributed by atoms with E-state index in [1.807, 2.05) is 29.2 Å². The molecule has 2 bridgehead atoms. The maximum absolute atomic E-state index is 12.8. The number of carbonyl (C=O) groups excluding carboxylic acids is 1. The van der Waals surface area contributed by atoms with Gasteiger partial charge in [0.1, 0.15) is 0 Å². The van der Waals surface area contributed by atoms with Crippen LogP contribution in [0.2, 0.25) is 0 Å². The standard InChI is InChI=1S/C20H26N2O/c1-3-22(14(2)17-7-4-15(13-21)5-8-17)20(23)12-19-11-16-6-9-18(19)10-16/h4-5,7-8,14,16,18-19H,3,6,9-12H2,1-2H3. The Bertz CT molecular complexity index is 601. The minimum atomic E-state index is 0.0684. The van der Waals surface area contributed by atoms with Gasteiger partial charge < -0.3 is 4.90 Å². The molecule has 0 aromatic heterocycles. The molecule has 122 valence electrons. The number of carbonyl (C=O) groups is 1. The van der Waals surface area contributed by atoms with Crippen LogP contribution >= 0.6 is 0 Å². The monoisotopic (exact) mass is 310 g/mol. The summed E-state index contributed by atoms with van der Waals surface area (Å²) in [4.78, 5) is 14.8. The van der Waals surface area contributed by atoms with Crippen molar-refractivity contribution in [2.45, 2.75) is 52.0 Å². The van der Waals surface area contributed by atoms with Gasteiger partial charge in [0.15, 0.2) is 0 Å². The van der Waals surface area contributed by atoms with E-state index < -0.39 is 0 Å². The van der Waals surface area contributed by atoms with Crippen molar-refractivity contribution in [2.24, 2.45) is 17.8 Å². The number of fused-ring (bicyclic) bond motifs is 2. The van der Waals surface area contributed by atoms with Crippen LogP contribution in [0.5, 0.6) is 0 Å². The second kappa shape index (κ2) is 6.74. The van der Waals surface area contributed by atoms with Crippen molar-refractivity contribution in [1.82, 2.24) is 4.90 Å². The molecule has 0 aliphatic heterocycles. The van der Waals surface area contributed by atoms with E-state index in [0.717, 1.165) is 30.4 Å². The lowest BCUT2D eigenvalue weighted by Crippen LogP contribution is -2.35. The summed E-state index contributed by atoms with van der Waals surface area (Å²) in [5.41, 5.74) is 1.77. The third-order valence-electron chi connectivity index (χ3n) is 5.97. The summed E-state index contributed by atoms with van der Waals surface area (Å²) < 4.78 is 0. The van der Waals surface area contributed by atoms with Gasteiger partial charge in [-0.15, -0.1) is 0 Å². The maximum Gasteiger partial charge on any atom is 0.223 e. The summed E-state index contributed by atoms with van der Waals surface area (Å²) in [5.74, 6) is 2.60. The summed E-state index contributed by atoms with van der Waals surface area (Å²) >= 11 is 0. The molecule has 0 saturated heterocycles. The summed E-state index contributed by atoms with van der Waals surface area (Å²) in [6.07, 6.45) is 6.05. The lowest BCUT2D eigenvalue weighted by molar-refractivity contribution is -0.134. The van der Waals surface area contributed by atoms with Crippen molar-refractivity contribution < 1.29 is 4.79 Å². The lowest BCUT2D eigenvalue weighted by atomic mass is 9.86. The van der Waals surface area contributed by atoms with Gasteiger partial charge in [0.2, 0.25) is 5.91 Å². The van der Waals surface area contributed by atoms with Crippen LogP contribution in [-0.4, -0.2) is 17.4 Å². The van der Waals surface area contributed by atoms with Gasteiger partial charge in [0.25, 0.3) is 0 Å². The molecule has 2 fully saturated rings. The fourth-order valence-electron chi connectivity index (χ4n) is 4.65. The van der Waals surface area contributed by atoms with E-state index in [0.29, 0.717) is 17.4 Å². The van der Waals surface area contributed by atoms with Crippen molar-refractivity contribution in [3.05, 3.63) is 35.4 Å². The number of hydrogen-bond donors (Lipinski definition) is 0. The van der Waals surface area contributed by atoms with Crippen LogP contribution < -0.4 is 0 Å². The molecule has 1 aromatic rings. The Labute approximate surface area is 139 Å². The smallest absolute Gasteiger partial charge is 0.223 e. The summed E-state index contributed by atoms with van der Waals surface area (Å²) in [5, 5.41) is 8.91. The predicted octanol–water partition coefficient (Wildman–Crippen LogP) is 4.29. The first-order valence-corrected chi connectivity index (χ1v) is 8.91. The Morgan fingerprint density at radius 3 is 2.57 bits per heavy atom. The Balaban J connectivity index is 1.65. The molecule has 3 nitrogen and oxygen atoms in total. The van der Waals surface area contributed by atoms with Crippen LogP contribution in [0.3, 0.4) is 0 Å². The molecule has 4 unspecified atom stereocenters. The fraction of sp³-hybridized carbons (Fsp3) is 0.600. The van der Waals surface area contributed by atoms with Gasteiger partial charge in [0, 0.05) is 13.0 Å². The molecule has 0 radical (unpaired) electrons. The molecule has 1 amide bonds. The van der Waals surface area contributed by atoms with Gasteiger partial charge in [-0.2, -0.15) is 5.26 Å². The van der Waals surface area contributed by atoms with Crippen LogP contribution in [0, 0.1) is 29.1 Å².